The molecule has 9 rings (SSSR count). The number of aliphatic hydroxyl groups is 1. The number of ether oxygens (including phenoxy) is 5. The van der Waals surface area contributed by atoms with Crippen LogP contribution in [0.1, 0.15) is 55.2 Å². The maximum absolute atomic E-state index is 11.1. The minimum Gasteiger partial charge on any atom is -0.488 e. The highest BCUT2D eigenvalue weighted by Crippen LogP contribution is 2.40. The molecule has 3 saturated heterocycles. The van der Waals surface area contributed by atoms with E-state index in [0.29, 0.717) is 35.1 Å². The zero-order valence-electron chi connectivity index (χ0n) is 34.7. The van der Waals surface area contributed by atoms with Gasteiger partial charge in [-0.15, -0.1) is 0 Å². The molecule has 3 N–H and O–H groups in total. The zero-order chi connectivity index (χ0) is 42.5. The van der Waals surface area contributed by atoms with E-state index in [1.54, 1.807) is 12.1 Å². The normalized spacial score (nSPS) is 19.5. The van der Waals surface area contributed by atoms with Crippen molar-refractivity contribution in [2.75, 3.05) is 66.1 Å². The van der Waals surface area contributed by atoms with Crippen LogP contribution >= 0.6 is 15.9 Å². The Morgan fingerprint density at radius 2 is 0.915 bits per heavy atom. The summed E-state index contributed by atoms with van der Waals surface area (Å²) in [5.41, 5.74) is 9.43. The maximum Gasteiger partial charge on any atom is 0.311 e. The molecular weight excluding hydrogens is 828 g/mol. The summed E-state index contributed by atoms with van der Waals surface area (Å²) in [6.07, 6.45) is 7.26. The van der Waals surface area contributed by atoms with Crippen molar-refractivity contribution in [1.82, 2.24) is 14.7 Å². The van der Waals surface area contributed by atoms with Crippen LogP contribution in [-0.4, -0.2) is 127 Å². The van der Waals surface area contributed by atoms with E-state index in [2.05, 4.69) is 37.7 Å². The number of likely N-dealkylation sites (tertiary alicyclic amines) is 3. The number of nitrogen functional groups attached to an aromatic ring is 1. The second-order valence-corrected chi connectivity index (χ2v) is 17.4. The molecule has 16 nitrogen and oxygen atoms in total. The summed E-state index contributed by atoms with van der Waals surface area (Å²) in [7, 11) is 6.12. The van der Waals surface area contributed by atoms with Crippen LogP contribution in [-0.2, 0) is 0 Å². The van der Waals surface area contributed by atoms with Crippen molar-refractivity contribution in [3.8, 4) is 28.7 Å². The van der Waals surface area contributed by atoms with Gasteiger partial charge in [-0.05, 0) is 103 Å². The number of rotatable bonds is 12. The SMILES string of the molecule is CN1CC(O)C1.Cc1cc(N)c(OC2CC2)cc1OC1CN(C)C1.Cc1cc([N+](=O)[O-])c(OC2CC2)cc1Br.Cc1cc([N+](=O)[O-])c(OC2CC2)cc1OC1CN(C)C1. The molecule has 0 unspecified atom stereocenters. The molecule has 3 heterocycles. The third-order valence-electron chi connectivity index (χ3n) is 10.3. The Kier molecular flexibility index (Phi) is 14.4. The van der Waals surface area contributed by atoms with Crippen molar-refractivity contribution in [2.45, 2.75) is 95.9 Å². The highest BCUT2D eigenvalue weighted by Gasteiger charge is 2.32. The van der Waals surface area contributed by atoms with Crippen molar-refractivity contribution in [3.63, 3.8) is 0 Å². The minimum atomic E-state index is -0.406. The number of benzene rings is 3. The quantitative estimate of drug-likeness (QED) is 0.115. The maximum atomic E-state index is 11.1. The Morgan fingerprint density at radius 1 is 0.559 bits per heavy atom. The van der Waals surface area contributed by atoms with Crippen LogP contribution in [0.4, 0.5) is 17.1 Å². The first-order chi connectivity index (χ1) is 28.0. The highest BCUT2D eigenvalue weighted by atomic mass is 79.9. The topological polar surface area (TPSA) is 188 Å². The minimum absolute atomic E-state index is 0.0208. The lowest BCUT2D eigenvalue weighted by Gasteiger charge is -2.36. The number of nitro benzene ring substituents is 2. The number of aryl methyl sites for hydroxylation is 3. The first-order valence-corrected chi connectivity index (χ1v) is 21.0. The average molecular weight is 886 g/mol. The lowest BCUT2D eigenvalue weighted by molar-refractivity contribution is -0.386. The summed E-state index contributed by atoms with van der Waals surface area (Å²) < 4.78 is 29.6. The van der Waals surface area contributed by atoms with Gasteiger partial charge in [-0.25, -0.2) is 0 Å². The molecule has 0 amide bonds. The largest absolute Gasteiger partial charge is 0.488 e. The molecule has 3 aromatic carbocycles. The fourth-order valence-corrected chi connectivity index (χ4v) is 6.70. The van der Waals surface area contributed by atoms with Crippen LogP contribution in [0, 0.1) is 41.0 Å². The van der Waals surface area contributed by atoms with E-state index >= 15 is 0 Å². The molecule has 3 aromatic rings. The van der Waals surface area contributed by atoms with Gasteiger partial charge in [0.15, 0.2) is 5.75 Å². The zero-order valence-corrected chi connectivity index (χ0v) is 36.3. The predicted octanol–water partition coefficient (Wildman–Crippen LogP) is 6.45. The molecule has 0 radical (unpaired) electrons. The lowest BCUT2D eigenvalue weighted by atomic mass is 10.1. The Hall–Kier alpha value is -4.42. The van der Waals surface area contributed by atoms with E-state index in [1.165, 1.54) is 12.1 Å². The van der Waals surface area contributed by atoms with Crippen molar-refractivity contribution < 1.29 is 38.6 Å². The molecule has 3 aliphatic heterocycles. The standard InChI is InChI=1S/C14H18N2O4.C14H20N2O2.C10H10BrNO3.C4H9NO/c1-9-5-12(16(17)18)14(19-10-3-4-10)6-13(9)20-11-7-15(2)8-11;1-9-5-12(15)14(17-10-3-4-10)6-13(9)18-11-7-16(2)8-11;1-6-4-9(12(13)14)10(5-8(6)11)15-7-2-3-7;1-5-2-4(6)3-5/h5-6,10-11H,3-4,7-8H2,1-2H3;5-6,10-11H,3-4,7-8,15H2,1-2H3;4-5,7H,2-3H2,1H3;4,6H,2-3H2,1H3. The predicted molar refractivity (Wildman–Crippen MR) is 227 cm³/mol. The molecule has 0 aromatic heterocycles. The third-order valence-corrected chi connectivity index (χ3v) is 11.2. The molecule has 3 saturated carbocycles. The van der Waals surface area contributed by atoms with Crippen molar-refractivity contribution in [3.05, 3.63) is 77.8 Å². The molecule has 0 bridgehead atoms. The number of halogens is 1. The number of likely N-dealkylation sites (N-methyl/N-ethyl adjacent to an activating group) is 3. The molecule has 0 spiro atoms. The van der Waals surface area contributed by atoms with E-state index in [4.69, 9.17) is 34.5 Å². The monoisotopic (exact) mass is 884 g/mol. The molecular formula is C42H57BrN6O10. The van der Waals surface area contributed by atoms with Gasteiger partial charge in [0, 0.05) is 74.1 Å². The Bertz CT molecular complexity index is 1950. The van der Waals surface area contributed by atoms with Crippen LogP contribution < -0.4 is 29.4 Å². The van der Waals surface area contributed by atoms with Crippen LogP contribution in [0.25, 0.3) is 0 Å². The molecule has 322 valence electrons. The van der Waals surface area contributed by atoms with Gasteiger partial charge in [-0.2, -0.15) is 0 Å². The lowest BCUT2D eigenvalue weighted by Crippen LogP contribution is -2.51. The van der Waals surface area contributed by atoms with Gasteiger partial charge in [-0.3, -0.25) is 30.0 Å². The summed E-state index contributed by atoms with van der Waals surface area (Å²) in [4.78, 5) is 27.6. The number of hydrogen-bond acceptors (Lipinski definition) is 14. The van der Waals surface area contributed by atoms with Gasteiger partial charge in [-0.1, -0.05) is 15.9 Å². The summed E-state index contributed by atoms with van der Waals surface area (Å²) in [5.74, 6) is 3.04. The number of β-amino-alcohol motifs (C(OH)–C–C–N with tert-alkyl or cyclic N) is 1. The Morgan fingerprint density at radius 3 is 1.29 bits per heavy atom. The second-order valence-electron chi connectivity index (χ2n) is 16.6. The summed E-state index contributed by atoms with van der Waals surface area (Å²) in [6.45, 7) is 11.1. The second kappa shape index (κ2) is 19.3. The number of nitrogens with zero attached hydrogens (tertiary/aromatic N) is 5. The third kappa shape index (κ3) is 13.0. The summed E-state index contributed by atoms with van der Waals surface area (Å²) in [5, 5.41) is 30.5. The van der Waals surface area contributed by atoms with E-state index in [-0.39, 0.29) is 35.8 Å². The first-order valence-electron chi connectivity index (χ1n) is 20.2. The first kappa shape index (κ1) is 44.1. The molecule has 6 fully saturated rings. The smallest absolute Gasteiger partial charge is 0.311 e. The summed E-state index contributed by atoms with van der Waals surface area (Å²) in [6, 6.07) is 10.3. The van der Waals surface area contributed by atoms with Crippen LogP contribution in [0.3, 0.4) is 0 Å². The molecule has 0 atom stereocenters. The van der Waals surface area contributed by atoms with Crippen LogP contribution in [0.15, 0.2) is 40.9 Å². The fourth-order valence-electron chi connectivity index (χ4n) is 6.38. The van der Waals surface area contributed by atoms with Crippen LogP contribution in [0.5, 0.6) is 28.7 Å². The molecule has 17 heteroatoms. The fraction of sp³-hybridized carbons (Fsp3) is 0.571. The number of anilines is 1. The number of nitrogens with two attached hydrogens (primary N) is 1. The van der Waals surface area contributed by atoms with Crippen molar-refractivity contribution in [1.29, 1.82) is 0 Å². The van der Waals surface area contributed by atoms with Gasteiger partial charge in [0.1, 0.15) is 29.5 Å². The van der Waals surface area contributed by atoms with Crippen LogP contribution in [0.2, 0.25) is 0 Å². The van der Waals surface area contributed by atoms with Gasteiger partial charge in [0.25, 0.3) is 0 Å². The Balaban J connectivity index is 0.000000140. The van der Waals surface area contributed by atoms with Gasteiger partial charge >= 0.3 is 11.4 Å². The van der Waals surface area contributed by atoms with Gasteiger partial charge < -0.3 is 39.4 Å². The Labute approximate surface area is 353 Å². The molecule has 3 aliphatic carbocycles. The average Bonchev–Trinajstić information content (AvgIpc) is 3.98. The number of nitro groups is 2. The summed E-state index contributed by atoms with van der Waals surface area (Å²) >= 11 is 3.34. The van der Waals surface area contributed by atoms with Crippen molar-refractivity contribution in [2.24, 2.45) is 0 Å². The van der Waals surface area contributed by atoms with E-state index < -0.39 is 9.85 Å². The van der Waals surface area contributed by atoms with E-state index in [0.717, 1.165) is 110 Å². The van der Waals surface area contributed by atoms with E-state index in [9.17, 15) is 20.2 Å². The van der Waals surface area contributed by atoms with Gasteiger partial charge in [0.2, 0.25) is 5.75 Å². The van der Waals surface area contributed by atoms with Crippen molar-refractivity contribution >= 4 is 33.0 Å². The highest BCUT2D eigenvalue weighted by molar-refractivity contribution is 9.10. The molecule has 59 heavy (non-hydrogen) atoms. The van der Waals surface area contributed by atoms with E-state index in [1.807, 2.05) is 47.0 Å². The number of aliphatic hydroxyl groups excluding tert-OH is 1. The van der Waals surface area contributed by atoms with Gasteiger partial charge in [0.05, 0.1) is 39.9 Å². The number of hydrogen-bond donors (Lipinski definition) is 2. The molecule has 6 aliphatic rings.